The number of pyridine rings is 1. The quantitative estimate of drug-likeness (QED) is 0.107. The van der Waals surface area contributed by atoms with E-state index in [0.29, 0.717) is 37.3 Å². The van der Waals surface area contributed by atoms with Crippen LogP contribution in [0.1, 0.15) is 41.9 Å². The molecule has 0 radical (unpaired) electrons. The molecule has 252 valence electrons. The van der Waals surface area contributed by atoms with Gasteiger partial charge in [-0.15, -0.1) is 0 Å². The van der Waals surface area contributed by atoms with Gasteiger partial charge in [-0.25, -0.2) is 14.4 Å². The normalized spacial score (nSPS) is 12.7. The summed E-state index contributed by atoms with van der Waals surface area (Å²) in [5, 5.41) is 13.2. The van der Waals surface area contributed by atoms with E-state index in [2.05, 4.69) is 15.3 Å². The highest BCUT2D eigenvalue weighted by molar-refractivity contribution is 5.86. The molecule has 1 atom stereocenters. The number of aromatic nitrogens is 3. The van der Waals surface area contributed by atoms with Crippen LogP contribution in [0.5, 0.6) is 5.75 Å². The molecule has 0 bridgehead atoms. The number of hydrogen-bond acceptors (Lipinski definition) is 7. The zero-order chi connectivity index (χ0) is 34.6. The van der Waals surface area contributed by atoms with Crippen molar-refractivity contribution in [3.63, 3.8) is 0 Å². The van der Waals surface area contributed by atoms with Gasteiger partial charge in [0.2, 0.25) is 0 Å². The lowest BCUT2D eigenvalue weighted by Gasteiger charge is -2.19. The summed E-state index contributed by atoms with van der Waals surface area (Å²) in [6, 6.07) is 31.7. The van der Waals surface area contributed by atoms with Crippen LogP contribution < -0.4 is 21.3 Å². The standard InChI is InChI=1S/C39H34N4O7/c44-36-31-20-25-17-18-26(49-22-24-10-2-1-3-11-24)21-34(25)43(35(31)41-38(47)42-36)19-9-8-16-33(37(45)46)40-39(48)50-23-32-29-14-6-4-12-27(29)28-13-5-7-15-30(28)32/h1-7,10-15,17-18,20-21,32-33H,8-9,16,19,22-23H2,(H,40,48)(H,45,46)(H,42,44,47)/t33-/m0/s1. The van der Waals surface area contributed by atoms with E-state index in [0.717, 1.165) is 33.2 Å². The maximum atomic E-state index is 12.8. The Hall–Kier alpha value is -6.23. The number of carbonyl (C=O) groups excluding carboxylic acids is 1. The van der Waals surface area contributed by atoms with E-state index in [1.807, 2.05) is 97.1 Å². The van der Waals surface area contributed by atoms with Crippen LogP contribution in [-0.4, -0.2) is 44.4 Å². The Morgan fingerprint density at radius 2 is 1.56 bits per heavy atom. The fourth-order valence-corrected chi connectivity index (χ4v) is 6.65. The van der Waals surface area contributed by atoms with E-state index in [1.165, 1.54) is 0 Å². The van der Waals surface area contributed by atoms with Gasteiger partial charge >= 0.3 is 17.8 Å². The number of carboxylic acids is 1. The van der Waals surface area contributed by atoms with Gasteiger partial charge in [-0.1, -0.05) is 78.9 Å². The van der Waals surface area contributed by atoms with Gasteiger partial charge in [0.05, 0.1) is 11.1 Å². The lowest BCUT2D eigenvalue weighted by molar-refractivity contribution is -0.139. The maximum Gasteiger partial charge on any atom is 0.407 e. The number of carboxylic acid groups (broad SMARTS) is 1. The number of nitrogens with zero attached hydrogens (tertiary/aromatic N) is 2. The molecule has 0 aromatic heterocycles. The van der Waals surface area contributed by atoms with Crippen LogP contribution in [0, 0.1) is 0 Å². The molecule has 2 aliphatic heterocycles. The van der Waals surface area contributed by atoms with Gasteiger partial charge in [0, 0.05) is 18.5 Å². The molecule has 7 rings (SSSR count). The lowest BCUT2D eigenvalue weighted by Crippen LogP contribution is -2.41. The van der Waals surface area contributed by atoms with Crippen molar-refractivity contribution in [1.82, 2.24) is 19.9 Å². The first kappa shape index (κ1) is 32.3. The average Bonchev–Trinajstić information content (AvgIpc) is 3.44. The average molecular weight is 671 g/mol. The number of rotatable bonds is 12. The fourth-order valence-electron chi connectivity index (χ4n) is 6.65. The molecule has 0 saturated heterocycles. The number of fused-ring (bicyclic) bond motifs is 5. The number of aromatic amines is 1. The largest absolute Gasteiger partial charge is 0.489 e. The molecule has 0 saturated carbocycles. The predicted molar refractivity (Wildman–Crippen MR) is 187 cm³/mol. The van der Waals surface area contributed by atoms with Crippen molar-refractivity contribution in [3.8, 4) is 28.3 Å². The van der Waals surface area contributed by atoms with E-state index >= 15 is 0 Å². The number of nitrogens with one attached hydrogen (secondary N) is 2. The van der Waals surface area contributed by atoms with Crippen molar-refractivity contribution in [2.75, 3.05) is 6.61 Å². The molecule has 11 heteroatoms. The molecule has 11 nitrogen and oxygen atoms in total. The minimum absolute atomic E-state index is 0.0713. The molecule has 1 aliphatic carbocycles. The molecule has 0 fully saturated rings. The molecule has 0 spiro atoms. The van der Waals surface area contributed by atoms with Gasteiger partial charge in [-0.05, 0) is 70.7 Å². The third kappa shape index (κ3) is 6.70. The van der Waals surface area contributed by atoms with Gasteiger partial charge in [0.1, 0.15) is 25.0 Å². The van der Waals surface area contributed by atoms with Crippen molar-refractivity contribution >= 4 is 23.0 Å². The number of ether oxygens (including phenoxy) is 2. The zero-order valence-electron chi connectivity index (χ0n) is 27.0. The number of benzene rings is 4. The molecule has 4 aromatic rings. The first-order valence-electron chi connectivity index (χ1n) is 16.4. The molecule has 3 aliphatic rings. The minimum Gasteiger partial charge on any atom is -0.489 e. The Morgan fingerprint density at radius 3 is 2.28 bits per heavy atom. The number of unbranched alkanes of at least 4 members (excludes halogenated alkanes) is 1. The summed E-state index contributed by atoms with van der Waals surface area (Å²) < 4.78 is 13.4. The molecule has 50 heavy (non-hydrogen) atoms. The Kier molecular flexibility index (Phi) is 9.11. The molecule has 0 unspecified atom stereocenters. The topological polar surface area (TPSA) is 153 Å². The summed E-state index contributed by atoms with van der Waals surface area (Å²) in [4.78, 5) is 56.3. The number of hydrogen-bond donors (Lipinski definition) is 3. The van der Waals surface area contributed by atoms with Crippen LogP contribution in [0.15, 0.2) is 113 Å². The monoisotopic (exact) mass is 670 g/mol. The SMILES string of the molecule is O=C(N[C@@H](CCCCn1c2nc(=O)[nH]c(=O)c-2cc2ccc(OCc3ccccc3)cc21)C(=O)O)OCC1c2ccccc2-c2ccccc21. The summed E-state index contributed by atoms with van der Waals surface area (Å²) in [5.41, 5.74) is 4.98. The first-order valence-corrected chi connectivity index (χ1v) is 16.4. The van der Waals surface area contributed by atoms with Crippen LogP contribution in [0.25, 0.3) is 33.4 Å². The fraction of sp³-hybridized carbons (Fsp3) is 0.205. The second kappa shape index (κ2) is 14.1. The van der Waals surface area contributed by atoms with Crippen LogP contribution in [0.3, 0.4) is 0 Å². The highest BCUT2D eigenvalue weighted by atomic mass is 16.5. The lowest BCUT2D eigenvalue weighted by atomic mass is 9.98. The van der Waals surface area contributed by atoms with Gasteiger partial charge in [0.25, 0.3) is 5.56 Å². The van der Waals surface area contributed by atoms with E-state index in [9.17, 15) is 24.3 Å². The Balaban J connectivity index is 1.02. The summed E-state index contributed by atoms with van der Waals surface area (Å²) >= 11 is 0. The van der Waals surface area contributed by atoms with Crippen LogP contribution in [0.4, 0.5) is 4.79 Å². The maximum absolute atomic E-state index is 12.8. The van der Waals surface area contributed by atoms with E-state index in [4.69, 9.17) is 9.47 Å². The Labute approximate surface area is 286 Å². The number of carbonyl (C=O) groups is 2. The van der Waals surface area contributed by atoms with Gasteiger partial charge < -0.3 is 24.5 Å². The second-order valence-electron chi connectivity index (χ2n) is 12.3. The minimum atomic E-state index is -1.17. The summed E-state index contributed by atoms with van der Waals surface area (Å²) in [6.45, 7) is 0.751. The number of alkyl carbamates (subject to hydrolysis) is 1. The van der Waals surface area contributed by atoms with Crippen molar-refractivity contribution in [2.24, 2.45) is 0 Å². The predicted octanol–water partition coefficient (Wildman–Crippen LogP) is 5.93. The first-order chi connectivity index (χ1) is 24.4. The highest BCUT2D eigenvalue weighted by Crippen LogP contribution is 2.44. The molecule has 4 aromatic carbocycles. The number of amides is 1. The number of aryl methyl sites for hydroxylation is 1. The van der Waals surface area contributed by atoms with Crippen LogP contribution in [-0.2, 0) is 22.7 Å². The molecule has 3 N–H and O–H groups in total. The van der Waals surface area contributed by atoms with Crippen molar-refractivity contribution in [2.45, 2.75) is 44.4 Å². The summed E-state index contributed by atoms with van der Waals surface area (Å²) in [5.74, 6) is -0.507. The molecular weight excluding hydrogens is 636 g/mol. The second-order valence-corrected chi connectivity index (χ2v) is 12.3. The van der Waals surface area contributed by atoms with Crippen molar-refractivity contribution < 1.29 is 24.2 Å². The van der Waals surface area contributed by atoms with Crippen LogP contribution in [0.2, 0.25) is 0 Å². The third-order valence-electron chi connectivity index (χ3n) is 9.07. The van der Waals surface area contributed by atoms with E-state index in [1.54, 1.807) is 10.6 Å². The highest BCUT2D eigenvalue weighted by Gasteiger charge is 2.30. The number of H-pyrrole nitrogens is 1. The van der Waals surface area contributed by atoms with E-state index < -0.39 is 29.4 Å². The summed E-state index contributed by atoms with van der Waals surface area (Å²) in [7, 11) is 0. The zero-order valence-corrected chi connectivity index (χ0v) is 27.0. The van der Waals surface area contributed by atoms with Gasteiger partial charge in [-0.3, -0.25) is 9.78 Å². The molecule has 2 heterocycles. The van der Waals surface area contributed by atoms with Gasteiger partial charge in [0.15, 0.2) is 5.82 Å². The van der Waals surface area contributed by atoms with Crippen LogP contribution >= 0.6 is 0 Å². The Morgan fingerprint density at radius 1 is 0.860 bits per heavy atom. The van der Waals surface area contributed by atoms with Crippen molar-refractivity contribution in [3.05, 3.63) is 141 Å². The smallest absolute Gasteiger partial charge is 0.407 e. The molecule has 1 amide bonds. The van der Waals surface area contributed by atoms with Crippen molar-refractivity contribution in [1.29, 1.82) is 0 Å². The summed E-state index contributed by atoms with van der Waals surface area (Å²) in [6.07, 6.45) is 0.202. The molecular formula is C39H34N4O7. The van der Waals surface area contributed by atoms with E-state index in [-0.39, 0.29) is 30.3 Å². The Bertz CT molecular complexity index is 2240. The van der Waals surface area contributed by atoms with Gasteiger partial charge in [-0.2, -0.15) is 4.98 Å². The third-order valence-corrected chi connectivity index (χ3v) is 9.07. The number of aliphatic carboxylic acids is 1.